The second-order valence-electron chi connectivity index (χ2n) is 3.30. The molecule has 2 N–H and O–H groups in total. The molecule has 1 rings (SSSR count). The Morgan fingerprint density at radius 2 is 2.12 bits per heavy atom. The zero-order valence-corrected chi connectivity index (χ0v) is 10.9. The highest BCUT2D eigenvalue weighted by molar-refractivity contribution is 7.15. The van der Waals surface area contributed by atoms with Crippen LogP contribution < -0.4 is 5.73 Å². The lowest BCUT2D eigenvalue weighted by Crippen LogP contribution is -2.29. The molecular formula is C9H13ClN2O4S. The van der Waals surface area contributed by atoms with Crippen molar-refractivity contribution in [1.29, 1.82) is 0 Å². The molecule has 2 atom stereocenters. The second kappa shape index (κ2) is 6.53. The Morgan fingerprint density at radius 3 is 2.53 bits per heavy atom. The maximum absolute atomic E-state index is 11.2. The van der Waals surface area contributed by atoms with Gasteiger partial charge in [-0.3, -0.25) is 14.9 Å². The summed E-state index contributed by atoms with van der Waals surface area (Å²) in [5, 5.41) is 10.5. The summed E-state index contributed by atoms with van der Waals surface area (Å²) in [4.78, 5) is 21.8. The Bertz CT molecular complexity index is 407. The zero-order chi connectivity index (χ0) is 12.3. The van der Waals surface area contributed by atoms with Gasteiger partial charge < -0.3 is 10.5 Å². The van der Waals surface area contributed by atoms with Gasteiger partial charge in [-0.2, -0.15) is 0 Å². The van der Waals surface area contributed by atoms with E-state index in [1.54, 1.807) is 13.0 Å². The minimum Gasteiger partial charge on any atom is -0.456 e. The zero-order valence-electron chi connectivity index (χ0n) is 9.28. The summed E-state index contributed by atoms with van der Waals surface area (Å²) in [7, 11) is 0. The van der Waals surface area contributed by atoms with E-state index in [1.807, 2.05) is 0 Å². The monoisotopic (exact) mass is 280 g/mol. The number of hydrogen-bond acceptors (Lipinski definition) is 6. The van der Waals surface area contributed by atoms with Crippen LogP contribution in [0.15, 0.2) is 12.1 Å². The van der Waals surface area contributed by atoms with E-state index in [1.165, 1.54) is 13.0 Å². The lowest BCUT2D eigenvalue weighted by atomic mass is 10.3. The first-order valence-electron chi connectivity index (χ1n) is 4.62. The lowest BCUT2D eigenvalue weighted by Gasteiger charge is -2.12. The fourth-order valence-corrected chi connectivity index (χ4v) is 1.80. The first-order chi connectivity index (χ1) is 7.41. The Labute approximate surface area is 108 Å². The average molecular weight is 281 g/mol. The Balaban J connectivity index is 0.00000256. The average Bonchev–Trinajstić information content (AvgIpc) is 2.65. The van der Waals surface area contributed by atoms with Gasteiger partial charge in [-0.15, -0.1) is 12.4 Å². The predicted octanol–water partition coefficient (Wildman–Crippen LogP) is 2.03. The number of nitro groups is 1. The van der Waals surface area contributed by atoms with E-state index in [2.05, 4.69) is 0 Å². The quantitative estimate of drug-likeness (QED) is 0.517. The summed E-state index contributed by atoms with van der Waals surface area (Å²) in [6, 6.07) is 2.26. The molecule has 0 spiro atoms. The van der Waals surface area contributed by atoms with Crippen molar-refractivity contribution in [2.24, 2.45) is 5.73 Å². The van der Waals surface area contributed by atoms with Crippen molar-refractivity contribution in [2.75, 3.05) is 0 Å². The van der Waals surface area contributed by atoms with Crippen molar-refractivity contribution in [2.45, 2.75) is 26.0 Å². The van der Waals surface area contributed by atoms with Crippen LogP contribution in [0.4, 0.5) is 5.00 Å². The third kappa shape index (κ3) is 4.29. The van der Waals surface area contributed by atoms with Gasteiger partial charge in [-0.25, -0.2) is 0 Å². The Kier molecular flexibility index (Phi) is 6.08. The number of carbonyl (C=O) groups excluding carboxylic acids is 1. The molecule has 0 amide bonds. The van der Waals surface area contributed by atoms with Crippen LogP contribution in [0.25, 0.3) is 0 Å². The molecule has 6 nitrogen and oxygen atoms in total. The minimum absolute atomic E-state index is 0. The molecule has 1 unspecified atom stereocenters. The summed E-state index contributed by atoms with van der Waals surface area (Å²) in [6.07, 6.45) is -0.516. The van der Waals surface area contributed by atoms with Crippen molar-refractivity contribution in [3.8, 4) is 0 Å². The summed E-state index contributed by atoms with van der Waals surface area (Å²) < 4.78 is 5.01. The third-order valence-electron chi connectivity index (χ3n) is 1.86. The van der Waals surface area contributed by atoms with Crippen LogP contribution in [0.5, 0.6) is 0 Å². The largest absolute Gasteiger partial charge is 0.456 e. The maximum Gasteiger partial charge on any atom is 0.324 e. The fraction of sp³-hybridized carbons (Fsp3) is 0.444. The van der Waals surface area contributed by atoms with Crippen LogP contribution in [-0.4, -0.2) is 16.9 Å². The maximum atomic E-state index is 11.2. The number of nitrogens with two attached hydrogens (primary N) is 1. The van der Waals surface area contributed by atoms with Crippen molar-refractivity contribution in [1.82, 2.24) is 0 Å². The molecule has 0 aliphatic heterocycles. The number of thiophene rings is 1. The van der Waals surface area contributed by atoms with Gasteiger partial charge in [-0.05, 0) is 19.9 Å². The number of nitrogens with zero attached hydrogens (tertiary/aromatic N) is 1. The van der Waals surface area contributed by atoms with E-state index < -0.39 is 23.0 Å². The summed E-state index contributed by atoms with van der Waals surface area (Å²) in [6.45, 7) is 3.17. The van der Waals surface area contributed by atoms with Gasteiger partial charge in [0, 0.05) is 6.07 Å². The van der Waals surface area contributed by atoms with Gasteiger partial charge >= 0.3 is 11.0 Å². The van der Waals surface area contributed by atoms with E-state index in [0.717, 1.165) is 11.3 Å². The Morgan fingerprint density at radius 1 is 1.53 bits per heavy atom. The standard InChI is InChI=1S/C9H12N2O4S.ClH/c1-5(10)9(12)15-6(2)7-3-4-8(16-7)11(13)14;/h3-6H,10H2,1-2H3;1H/t5-,6?;/m0./s1. The normalized spacial score (nSPS) is 13.4. The molecule has 0 bridgehead atoms. The molecule has 0 aromatic carbocycles. The molecule has 0 aliphatic carbocycles. The third-order valence-corrected chi connectivity index (χ3v) is 3.06. The lowest BCUT2D eigenvalue weighted by molar-refractivity contribution is -0.380. The van der Waals surface area contributed by atoms with Crippen LogP contribution in [0.2, 0.25) is 0 Å². The molecule has 0 saturated heterocycles. The molecule has 0 radical (unpaired) electrons. The molecule has 96 valence electrons. The molecule has 1 aromatic rings. The van der Waals surface area contributed by atoms with Gasteiger partial charge in [0.05, 0.1) is 9.80 Å². The highest BCUT2D eigenvalue weighted by Crippen LogP contribution is 2.30. The van der Waals surface area contributed by atoms with E-state index in [9.17, 15) is 14.9 Å². The summed E-state index contributed by atoms with van der Waals surface area (Å²) in [5.74, 6) is -0.524. The van der Waals surface area contributed by atoms with Crippen LogP contribution in [0.1, 0.15) is 24.8 Å². The highest BCUT2D eigenvalue weighted by Gasteiger charge is 2.19. The Hall–Kier alpha value is -1.18. The van der Waals surface area contributed by atoms with Gasteiger partial charge in [0.25, 0.3) is 0 Å². The van der Waals surface area contributed by atoms with Crippen molar-refractivity contribution in [3.63, 3.8) is 0 Å². The first kappa shape index (κ1) is 15.8. The van der Waals surface area contributed by atoms with Gasteiger partial charge in [0.2, 0.25) is 0 Å². The van der Waals surface area contributed by atoms with E-state index in [4.69, 9.17) is 10.5 Å². The van der Waals surface area contributed by atoms with Gasteiger partial charge in [0.1, 0.15) is 12.1 Å². The number of esters is 1. The van der Waals surface area contributed by atoms with Crippen LogP contribution >= 0.6 is 23.7 Å². The molecular weight excluding hydrogens is 268 g/mol. The van der Waals surface area contributed by atoms with Gasteiger partial charge in [0.15, 0.2) is 0 Å². The van der Waals surface area contributed by atoms with Crippen molar-refractivity contribution < 1.29 is 14.5 Å². The molecule has 0 saturated carbocycles. The van der Waals surface area contributed by atoms with Crippen LogP contribution in [0, 0.1) is 10.1 Å². The van der Waals surface area contributed by atoms with Crippen LogP contribution in [0.3, 0.4) is 0 Å². The highest BCUT2D eigenvalue weighted by atomic mass is 35.5. The molecule has 0 aliphatic rings. The number of halogens is 1. The van der Waals surface area contributed by atoms with Crippen molar-refractivity contribution >= 4 is 34.7 Å². The summed E-state index contributed by atoms with van der Waals surface area (Å²) >= 11 is 0.986. The first-order valence-corrected chi connectivity index (χ1v) is 5.43. The SMILES string of the molecule is CC(OC(=O)[C@H](C)N)c1ccc([N+](=O)[O-])s1.Cl. The van der Waals surface area contributed by atoms with E-state index in [0.29, 0.717) is 4.88 Å². The molecule has 0 fully saturated rings. The number of rotatable bonds is 4. The number of hydrogen-bond donors (Lipinski definition) is 1. The molecule has 17 heavy (non-hydrogen) atoms. The minimum atomic E-state index is -0.697. The second-order valence-corrected chi connectivity index (χ2v) is 4.39. The number of carbonyl (C=O) groups is 1. The van der Waals surface area contributed by atoms with Crippen LogP contribution in [-0.2, 0) is 9.53 Å². The molecule has 1 aromatic heterocycles. The van der Waals surface area contributed by atoms with E-state index in [-0.39, 0.29) is 17.4 Å². The topological polar surface area (TPSA) is 95.5 Å². The predicted molar refractivity (Wildman–Crippen MR) is 66.4 cm³/mol. The van der Waals surface area contributed by atoms with Crippen molar-refractivity contribution in [3.05, 3.63) is 27.1 Å². The number of ether oxygens (including phenoxy) is 1. The van der Waals surface area contributed by atoms with E-state index >= 15 is 0 Å². The van der Waals surface area contributed by atoms with Gasteiger partial charge in [-0.1, -0.05) is 11.3 Å². The smallest absolute Gasteiger partial charge is 0.324 e. The fourth-order valence-electron chi connectivity index (χ4n) is 0.998. The molecule has 1 heterocycles. The summed E-state index contributed by atoms with van der Waals surface area (Å²) in [5.41, 5.74) is 5.34. The molecule has 8 heteroatoms.